The number of aromatic amines is 1. The van der Waals surface area contributed by atoms with Crippen LogP contribution in [0, 0.1) is 12.8 Å². The first-order valence-electron chi connectivity index (χ1n) is 14.8. The predicted molar refractivity (Wildman–Crippen MR) is 161 cm³/mol. The van der Waals surface area contributed by atoms with Crippen LogP contribution >= 0.6 is 0 Å². The molecule has 1 saturated heterocycles. The minimum atomic E-state index is -0.308. The van der Waals surface area contributed by atoms with Crippen molar-refractivity contribution < 1.29 is 14.3 Å². The Hall–Kier alpha value is -4.18. The Balaban J connectivity index is 1.29. The molecule has 4 aromatic rings. The molecule has 0 spiro atoms. The van der Waals surface area contributed by atoms with Crippen LogP contribution in [0.25, 0.3) is 16.6 Å². The fourth-order valence-electron chi connectivity index (χ4n) is 5.54. The number of carbonyl (C=O) groups excluding carboxylic acids is 1. The standard InChI is InChI=1S/C32H38N6O4/c1-20(2)30-26-14-24(23-7-8-29(33-16-23)37-9-11-41-12-10-37)15-27(38(26)19-35-30)32(40)34-17-25-28(13-21(3)36-31(25)39)42-18-22-5-4-6-22/h7-8,13-16,19-20,22H,4-6,9-12,17-18H2,1-3H3,(H,34,40)(H,36,39). The van der Waals surface area contributed by atoms with Crippen molar-refractivity contribution in [3.63, 3.8) is 0 Å². The molecule has 0 bridgehead atoms. The Morgan fingerprint density at radius 3 is 2.64 bits per heavy atom. The van der Waals surface area contributed by atoms with Gasteiger partial charge in [-0.25, -0.2) is 9.97 Å². The van der Waals surface area contributed by atoms with Crippen LogP contribution in [-0.4, -0.2) is 58.2 Å². The third-order valence-electron chi connectivity index (χ3n) is 8.23. The molecule has 42 heavy (non-hydrogen) atoms. The summed E-state index contributed by atoms with van der Waals surface area (Å²) in [6.45, 7) is 9.64. The highest BCUT2D eigenvalue weighted by molar-refractivity contribution is 5.95. The van der Waals surface area contributed by atoms with Gasteiger partial charge in [0.15, 0.2) is 0 Å². The van der Waals surface area contributed by atoms with Crippen LogP contribution in [0.3, 0.4) is 0 Å². The normalized spacial score (nSPS) is 15.7. The summed E-state index contributed by atoms with van der Waals surface area (Å²) in [5.74, 6) is 1.82. The van der Waals surface area contributed by atoms with Crippen molar-refractivity contribution in [1.29, 1.82) is 0 Å². The van der Waals surface area contributed by atoms with E-state index in [9.17, 15) is 9.59 Å². The van der Waals surface area contributed by atoms with Crippen molar-refractivity contribution >= 4 is 17.2 Å². The van der Waals surface area contributed by atoms with Crippen molar-refractivity contribution in [3.8, 4) is 16.9 Å². The summed E-state index contributed by atoms with van der Waals surface area (Å²) in [4.78, 5) is 41.0. The third kappa shape index (κ3) is 5.76. The number of H-pyrrole nitrogens is 1. The average Bonchev–Trinajstić information content (AvgIpc) is 3.40. The fraction of sp³-hybridized carbons (Fsp3) is 0.438. The lowest BCUT2D eigenvalue weighted by Gasteiger charge is -2.27. The van der Waals surface area contributed by atoms with Gasteiger partial charge in [-0.15, -0.1) is 0 Å². The van der Waals surface area contributed by atoms with Gasteiger partial charge in [-0.05, 0) is 67.5 Å². The van der Waals surface area contributed by atoms with Crippen LogP contribution in [0.5, 0.6) is 5.75 Å². The van der Waals surface area contributed by atoms with E-state index in [4.69, 9.17) is 14.5 Å². The molecule has 1 amide bonds. The lowest BCUT2D eigenvalue weighted by atomic mass is 9.86. The molecule has 6 rings (SSSR count). The minimum absolute atomic E-state index is 0.0434. The maximum Gasteiger partial charge on any atom is 0.268 e. The Bertz CT molecular complexity index is 1630. The monoisotopic (exact) mass is 570 g/mol. The number of hydrogen-bond acceptors (Lipinski definition) is 7. The highest BCUT2D eigenvalue weighted by atomic mass is 16.5. The van der Waals surface area contributed by atoms with E-state index in [0.717, 1.165) is 59.8 Å². The SMILES string of the molecule is Cc1cc(OCC2CCC2)c(CNC(=O)c2cc(-c3ccc(N4CCOCC4)nc3)cc3c(C(C)C)ncn23)c(=O)[nH]1. The molecule has 5 heterocycles. The molecule has 10 heteroatoms. The summed E-state index contributed by atoms with van der Waals surface area (Å²) in [6.07, 6.45) is 7.06. The van der Waals surface area contributed by atoms with Gasteiger partial charge in [0, 0.05) is 30.5 Å². The summed E-state index contributed by atoms with van der Waals surface area (Å²) in [5.41, 5.74) is 4.86. The number of ether oxygens (including phenoxy) is 2. The van der Waals surface area contributed by atoms with Crippen LogP contribution in [0.2, 0.25) is 0 Å². The smallest absolute Gasteiger partial charge is 0.268 e. The number of imidazole rings is 1. The number of rotatable bonds is 9. The first kappa shape index (κ1) is 28.0. The number of aromatic nitrogens is 4. The highest BCUT2D eigenvalue weighted by Gasteiger charge is 2.22. The molecule has 1 saturated carbocycles. The molecular weight excluding hydrogens is 532 g/mol. The van der Waals surface area contributed by atoms with Gasteiger partial charge in [-0.3, -0.25) is 14.0 Å². The van der Waals surface area contributed by atoms with Crippen molar-refractivity contribution in [2.75, 3.05) is 37.8 Å². The Morgan fingerprint density at radius 2 is 1.95 bits per heavy atom. The van der Waals surface area contributed by atoms with E-state index in [0.29, 0.717) is 42.7 Å². The van der Waals surface area contributed by atoms with Gasteiger partial charge in [0.2, 0.25) is 0 Å². The molecule has 4 aromatic heterocycles. The van der Waals surface area contributed by atoms with Crippen molar-refractivity contribution in [3.05, 3.63) is 75.9 Å². The maximum atomic E-state index is 13.7. The molecule has 0 radical (unpaired) electrons. The van der Waals surface area contributed by atoms with Gasteiger partial charge >= 0.3 is 0 Å². The van der Waals surface area contributed by atoms with Crippen LogP contribution in [-0.2, 0) is 11.3 Å². The van der Waals surface area contributed by atoms with Crippen LogP contribution in [0.15, 0.2) is 47.7 Å². The minimum Gasteiger partial charge on any atom is -0.493 e. The highest BCUT2D eigenvalue weighted by Crippen LogP contribution is 2.29. The van der Waals surface area contributed by atoms with Crippen LogP contribution in [0.4, 0.5) is 5.82 Å². The molecule has 2 aliphatic rings. The van der Waals surface area contributed by atoms with Crippen molar-refractivity contribution in [2.45, 2.75) is 52.5 Å². The molecule has 2 fully saturated rings. The number of aryl methyl sites for hydroxylation is 1. The molecule has 10 nitrogen and oxygen atoms in total. The number of morpholine rings is 1. The number of nitrogens with one attached hydrogen (secondary N) is 2. The first-order chi connectivity index (χ1) is 20.4. The van der Waals surface area contributed by atoms with Gasteiger partial charge in [0.1, 0.15) is 23.6 Å². The molecule has 0 atom stereocenters. The van der Waals surface area contributed by atoms with E-state index in [-0.39, 0.29) is 23.9 Å². The van der Waals surface area contributed by atoms with Gasteiger partial charge in [-0.1, -0.05) is 20.3 Å². The van der Waals surface area contributed by atoms with E-state index >= 15 is 0 Å². The zero-order valence-electron chi connectivity index (χ0n) is 24.5. The molecule has 1 aliphatic carbocycles. The summed E-state index contributed by atoms with van der Waals surface area (Å²) >= 11 is 0. The molecule has 0 unspecified atom stereocenters. The van der Waals surface area contributed by atoms with E-state index < -0.39 is 0 Å². The number of pyridine rings is 3. The Morgan fingerprint density at radius 1 is 1.14 bits per heavy atom. The Kier molecular flexibility index (Phi) is 7.97. The summed E-state index contributed by atoms with van der Waals surface area (Å²) < 4.78 is 13.4. The number of anilines is 1. The topological polar surface area (TPSA) is 114 Å². The average molecular weight is 571 g/mol. The largest absolute Gasteiger partial charge is 0.493 e. The summed E-state index contributed by atoms with van der Waals surface area (Å²) in [6, 6.07) is 9.79. The lowest BCUT2D eigenvalue weighted by molar-refractivity contribution is 0.0944. The summed E-state index contributed by atoms with van der Waals surface area (Å²) in [7, 11) is 0. The second kappa shape index (κ2) is 12.0. The number of hydrogen-bond donors (Lipinski definition) is 2. The Labute approximate surface area is 245 Å². The number of carbonyl (C=O) groups is 1. The van der Waals surface area contributed by atoms with E-state index in [1.54, 1.807) is 6.33 Å². The van der Waals surface area contributed by atoms with Gasteiger partial charge in [0.05, 0.1) is 43.1 Å². The fourth-order valence-corrected chi connectivity index (χ4v) is 5.54. The van der Waals surface area contributed by atoms with Crippen molar-refractivity contribution in [1.82, 2.24) is 24.7 Å². The van der Waals surface area contributed by atoms with Crippen molar-refractivity contribution in [2.24, 2.45) is 5.92 Å². The van der Waals surface area contributed by atoms with Crippen LogP contribution in [0.1, 0.15) is 66.5 Å². The first-order valence-corrected chi connectivity index (χ1v) is 14.8. The van der Waals surface area contributed by atoms with E-state index in [1.165, 1.54) is 6.42 Å². The number of fused-ring (bicyclic) bond motifs is 1. The van der Waals surface area contributed by atoms with Gasteiger partial charge in [-0.2, -0.15) is 0 Å². The van der Waals surface area contributed by atoms with Crippen LogP contribution < -0.4 is 20.5 Å². The molecule has 0 aromatic carbocycles. The second-order valence-electron chi connectivity index (χ2n) is 11.6. The van der Waals surface area contributed by atoms with Gasteiger partial charge < -0.3 is 24.7 Å². The predicted octanol–water partition coefficient (Wildman–Crippen LogP) is 4.46. The third-order valence-corrected chi connectivity index (χ3v) is 8.23. The molecule has 220 valence electrons. The zero-order chi connectivity index (χ0) is 29.2. The molecule has 2 N–H and O–H groups in total. The van der Waals surface area contributed by atoms with E-state index in [2.05, 4.69) is 40.1 Å². The second-order valence-corrected chi connectivity index (χ2v) is 11.6. The summed E-state index contributed by atoms with van der Waals surface area (Å²) in [5, 5.41) is 2.97. The van der Waals surface area contributed by atoms with E-state index in [1.807, 2.05) is 41.8 Å². The number of amides is 1. The lowest BCUT2D eigenvalue weighted by Crippen LogP contribution is -2.36. The molecule has 1 aliphatic heterocycles. The zero-order valence-corrected chi connectivity index (χ0v) is 24.5. The quantitative estimate of drug-likeness (QED) is 0.305. The molecular formula is C32H38N6O4. The number of nitrogens with zero attached hydrogens (tertiary/aromatic N) is 4. The van der Waals surface area contributed by atoms with Gasteiger partial charge in [0.25, 0.3) is 11.5 Å². The maximum absolute atomic E-state index is 13.7.